The van der Waals surface area contributed by atoms with E-state index in [0.717, 1.165) is 0 Å². The molecule has 0 aliphatic heterocycles. The fraction of sp³-hybridized carbons (Fsp3) is 0.706. The standard InChI is InChI=1S/C17H30N4O7/c1-8(2)5-10(16(26)21-14(9(3)4)17(27)28)20-15(25)11(6-13(23)24)19-12(22)7-18/h8-11,14H,5-7,18H2,1-4H3,(H,19,22)(H,20,25)(H,21,26)(H,23,24)(H,27,28). The lowest BCUT2D eigenvalue weighted by molar-refractivity contribution is -0.144. The number of amides is 3. The summed E-state index contributed by atoms with van der Waals surface area (Å²) in [5.74, 6) is -5.26. The highest BCUT2D eigenvalue weighted by atomic mass is 16.4. The Hall–Kier alpha value is -2.69. The Bertz CT molecular complexity index is 592. The minimum atomic E-state index is -1.42. The number of carbonyl (C=O) groups is 5. The average molecular weight is 402 g/mol. The van der Waals surface area contributed by atoms with E-state index in [-0.39, 0.29) is 18.3 Å². The van der Waals surface area contributed by atoms with Crippen LogP contribution in [0.25, 0.3) is 0 Å². The van der Waals surface area contributed by atoms with Gasteiger partial charge < -0.3 is 31.9 Å². The first-order valence-corrected chi connectivity index (χ1v) is 8.93. The van der Waals surface area contributed by atoms with E-state index < -0.39 is 60.8 Å². The summed E-state index contributed by atoms with van der Waals surface area (Å²) >= 11 is 0. The Labute approximate surface area is 163 Å². The zero-order chi connectivity index (χ0) is 22.0. The summed E-state index contributed by atoms with van der Waals surface area (Å²) in [5.41, 5.74) is 5.17. The third-order valence-electron chi connectivity index (χ3n) is 3.79. The molecule has 0 aliphatic carbocycles. The van der Waals surface area contributed by atoms with Crippen LogP contribution in [0, 0.1) is 11.8 Å². The lowest BCUT2D eigenvalue weighted by atomic mass is 10.00. The Morgan fingerprint density at radius 2 is 1.39 bits per heavy atom. The number of rotatable bonds is 12. The molecule has 0 heterocycles. The molecular formula is C17H30N4O7. The maximum Gasteiger partial charge on any atom is 0.326 e. The third-order valence-corrected chi connectivity index (χ3v) is 3.79. The van der Waals surface area contributed by atoms with E-state index in [4.69, 9.17) is 10.8 Å². The maximum atomic E-state index is 12.5. The van der Waals surface area contributed by atoms with Gasteiger partial charge in [-0.15, -0.1) is 0 Å². The highest BCUT2D eigenvalue weighted by Crippen LogP contribution is 2.09. The van der Waals surface area contributed by atoms with Gasteiger partial charge in [-0.05, 0) is 18.3 Å². The molecule has 0 aliphatic rings. The van der Waals surface area contributed by atoms with Crippen LogP contribution in [0.2, 0.25) is 0 Å². The number of carbonyl (C=O) groups excluding carboxylic acids is 3. The average Bonchev–Trinajstić information content (AvgIpc) is 2.56. The summed E-state index contributed by atoms with van der Waals surface area (Å²) < 4.78 is 0. The van der Waals surface area contributed by atoms with Gasteiger partial charge in [-0.2, -0.15) is 0 Å². The second-order valence-electron chi connectivity index (χ2n) is 7.18. The quantitative estimate of drug-likeness (QED) is 0.231. The number of hydrogen-bond donors (Lipinski definition) is 6. The fourth-order valence-corrected chi connectivity index (χ4v) is 2.38. The molecule has 0 bridgehead atoms. The molecule has 3 atom stereocenters. The van der Waals surface area contributed by atoms with Crippen molar-refractivity contribution in [3.63, 3.8) is 0 Å². The summed E-state index contributed by atoms with van der Waals surface area (Å²) in [6.45, 7) is 6.41. The lowest BCUT2D eigenvalue weighted by Gasteiger charge is -2.26. The molecule has 11 nitrogen and oxygen atoms in total. The molecule has 28 heavy (non-hydrogen) atoms. The van der Waals surface area contributed by atoms with Crippen molar-refractivity contribution < 1.29 is 34.2 Å². The second kappa shape index (κ2) is 11.9. The van der Waals surface area contributed by atoms with Crippen molar-refractivity contribution in [2.75, 3.05) is 6.54 Å². The summed E-state index contributed by atoms with van der Waals surface area (Å²) in [4.78, 5) is 58.7. The summed E-state index contributed by atoms with van der Waals surface area (Å²) in [6.07, 6.45) is -0.510. The van der Waals surface area contributed by atoms with Gasteiger partial charge in [0.05, 0.1) is 13.0 Å². The van der Waals surface area contributed by atoms with Crippen LogP contribution in [0.5, 0.6) is 0 Å². The van der Waals surface area contributed by atoms with Crippen molar-refractivity contribution in [1.82, 2.24) is 16.0 Å². The van der Waals surface area contributed by atoms with Gasteiger partial charge in [0.15, 0.2) is 0 Å². The Morgan fingerprint density at radius 1 is 0.857 bits per heavy atom. The fourth-order valence-electron chi connectivity index (χ4n) is 2.38. The van der Waals surface area contributed by atoms with Crippen molar-refractivity contribution >= 4 is 29.7 Å². The molecule has 7 N–H and O–H groups in total. The number of aliphatic carboxylic acids is 2. The van der Waals surface area contributed by atoms with E-state index in [9.17, 15) is 29.1 Å². The van der Waals surface area contributed by atoms with Gasteiger partial charge in [0, 0.05) is 0 Å². The maximum absolute atomic E-state index is 12.5. The number of hydrogen-bond acceptors (Lipinski definition) is 6. The molecule has 0 saturated heterocycles. The topological polar surface area (TPSA) is 188 Å². The normalized spacial score (nSPS) is 14.1. The van der Waals surface area contributed by atoms with Gasteiger partial charge in [0.1, 0.15) is 18.1 Å². The van der Waals surface area contributed by atoms with Crippen molar-refractivity contribution in [2.45, 2.75) is 58.7 Å². The van der Waals surface area contributed by atoms with Gasteiger partial charge in [0.2, 0.25) is 17.7 Å². The molecule has 0 aromatic rings. The van der Waals surface area contributed by atoms with Gasteiger partial charge >= 0.3 is 11.9 Å². The first kappa shape index (κ1) is 25.3. The van der Waals surface area contributed by atoms with Crippen LogP contribution in [-0.2, 0) is 24.0 Å². The molecule has 11 heteroatoms. The zero-order valence-electron chi connectivity index (χ0n) is 16.5. The number of carboxylic acid groups (broad SMARTS) is 2. The highest BCUT2D eigenvalue weighted by molar-refractivity contribution is 5.95. The van der Waals surface area contributed by atoms with Gasteiger partial charge in [-0.25, -0.2) is 4.79 Å². The third kappa shape index (κ3) is 9.31. The molecule has 0 spiro atoms. The van der Waals surface area contributed by atoms with Crippen LogP contribution in [-0.4, -0.2) is 64.5 Å². The first-order valence-electron chi connectivity index (χ1n) is 8.93. The molecule has 0 saturated carbocycles. The summed E-state index contributed by atoms with van der Waals surface area (Å²) in [7, 11) is 0. The van der Waals surface area contributed by atoms with Gasteiger partial charge in [0.25, 0.3) is 0 Å². The molecule has 0 radical (unpaired) electrons. The Morgan fingerprint density at radius 3 is 1.79 bits per heavy atom. The van der Waals surface area contributed by atoms with Gasteiger partial charge in [-0.3, -0.25) is 19.2 Å². The minimum absolute atomic E-state index is 0.0325. The van der Waals surface area contributed by atoms with Crippen molar-refractivity contribution in [1.29, 1.82) is 0 Å². The number of nitrogens with one attached hydrogen (secondary N) is 3. The molecule has 0 aromatic carbocycles. The SMILES string of the molecule is CC(C)CC(NC(=O)C(CC(=O)O)NC(=O)CN)C(=O)NC(C(=O)O)C(C)C. The first-order chi connectivity index (χ1) is 12.9. The zero-order valence-corrected chi connectivity index (χ0v) is 16.5. The van der Waals surface area contributed by atoms with Crippen LogP contribution in [0.3, 0.4) is 0 Å². The number of nitrogens with two attached hydrogens (primary N) is 1. The molecule has 3 unspecified atom stereocenters. The van der Waals surface area contributed by atoms with Crippen molar-refractivity contribution in [3.8, 4) is 0 Å². The van der Waals surface area contributed by atoms with Crippen LogP contribution in [0.4, 0.5) is 0 Å². The van der Waals surface area contributed by atoms with E-state index in [2.05, 4.69) is 16.0 Å². The molecular weight excluding hydrogens is 372 g/mol. The van der Waals surface area contributed by atoms with E-state index in [0.29, 0.717) is 0 Å². The van der Waals surface area contributed by atoms with Crippen LogP contribution < -0.4 is 21.7 Å². The predicted molar refractivity (Wildman–Crippen MR) is 99.0 cm³/mol. The smallest absolute Gasteiger partial charge is 0.326 e. The van der Waals surface area contributed by atoms with Crippen molar-refractivity contribution in [2.24, 2.45) is 17.6 Å². The molecule has 0 aromatic heterocycles. The lowest BCUT2D eigenvalue weighted by Crippen LogP contribution is -2.57. The second-order valence-corrected chi connectivity index (χ2v) is 7.18. The van der Waals surface area contributed by atoms with Crippen molar-refractivity contribution in [3.05, 3.63) is 0 Å². The van der Waals surface area contributed by atoms with E-state index in [1.54, 1.807) is 27.7 Å². The van der Waals surface area contributed by atoms with Gasteiger partial charge in [-0.1, -0.05) is 27.7 Å². The highest BCUT2D eigenvalue weighted by Gasteiger charge is 2.31. The summed E-state index contributed by atoms with van der Waals surface area (Å²) in [5, 5.41) is 25.1. The summed E-state index contributed by atoms with van der Waals surface area (Å²) in [6, 6.07) is -3.67. The molecule has 160 valence electrons. The predicted octanol–water partition coefficient (Wildman–Crippen LogP) is -1.34. The monoisotopic (exact) mass is 402 g/mol. The van der Waals surface area contributed by atoms with E-state index in [1.165, 1.54) is 0 Å². The minimum Gasteiger partial charge on any atom is -0.481 e. The van der Waals surface area contributed by atoms with E-state index in [1.807, 2.05) is 0 Å². The van der Waals surface area contributed by atoms with Crippen LogP contribution in [0.15, 0.2) is 0 Å². The Kier molecular flexibility index (Phi) is 10.8. The largest absolute Gasteiger partial charge is 0.481 e. The van der Waals surface area contributed by atoms with E-state index >= 15 is 0 Å². The number of carboxylic acids is 2. The molecule has 0 rings (SSSR count). The van der Waals surface area contributed by atoms with Crippen LogP contribution in [0.1, 0.15) is 40.5 Å². The Balaban J connectivity index is 5.38. The van der Waals surface area contributed by atoms with Crippen LogP contribution >= 0.6 is 0 Å². The molecule has 3 amide bonds. The molecule has 0 fully saturated rings.